The lowest BCUT2D eigenvalue weighted by atomic mass is 10.2. The highest BCUT2D eigenvalue weighted by atomic mass is 35.5. The van der Waals surface area contributed by atoms with Crippen LogP contribution < -0.4 is 16.6 Å². The molecule has 0 spiro atoms. The van der Waals surface area contributed by atoms with Crippen LogP contribution in [-0.2, 0) is 4.79 Å². The number of halogens is 2. The van der Waals surface area contributed by atoms with Gasteiger partial charge in [-0.1, -0.05) is 59.2 Å². The van der Waals surface area contributed by atoms with Gasteiger partial charge in [-0.15, -0.1) is 10.2 Å². The van der Waals surface area contributed by atoms with E-state index in [-0.39, 0.29) is 17.6 Å². The highest BCUT2D eigenvalue weighted by molar-refractivity contribution is 7.99. The summed E-state index contributed by atoms with van der Waals surface area (Å²) in [5.41, 5.74) is 5.01. The molecule has 8 nitrogen and oxygen atoms in total. The van der Waals surface area contributed by atoms with E-state index in [2.05, 4.69) is 26.0 Å². The molecule has 0 radical (unpaired) electrons. The van der Waals surface area contributed by atoms with Crippen molar-refractivity contribution in [3.8, 4) is 0 Å². The van der Waals surface area contributed by atoms with E-state index in [9.17, 15) is 4.79 Å². The summed E-state index contributed by atoms with van der Waals surface area (Å²) in [6, 6.07) is 12.6. The predicted octanol–water partition coefficient (Wildman–Crippen LogP) is 3.78. The first kappa shape index (κ1) is 21.0. The van der Waals surface area contributed by atoms with E-state index >= 15 is 0 Å². The third-order valence-corrected chi connectivity index (χ3v) is 5.27. The number of anilines is 2. The molecule has 0 aliphatic rings. The SMILES string of the molecule is Cc1ccc(Cl)cc1NC(=O)CSc1nnc(N/N=C/c2ccccc2Cl)n1N. The quantitative estimate of drug-likeness (QED) is 0.219. The topological polar surface area (TPSA) is 110 Å². The minimum atomic E-state index is -0.213. The number of nitrogens with two attached hydrogens (primary N) is 1. The molecule has 11 heteroatoms. The van der Waals surface area contributed by atoms with Crippen LogP contribution in [-0.4, -0.2) is 32.7 Å². The van der Waals surface area contributed by atoms with E-state index in [0.29, 0.717) is 20.9 Å². The Morgan fingerprint density at radius 1 is 1.28 bits per heavy atom. The average Bonchev–Trinajstić information content (AvgIpc) is 3.04. The number of aryl methyl sites for hydroxylation is 1. The van der Waals surface area contributed by atoms with Gasteiger partial charge in [0.15, 0.2) is 0 Å². The summed E-state index contributed by atoms with van der Waals surface area (Å²) in [5.74, 6) is 6.07. The molecule has 3 rings (SSSR count). The van der Waals surface area contributed by atoms with Crippen molar-refractivity contribution >= 4 is 58.7 Å². The minimum absolute atomic E-state index is 0.101. The second-order valence-electron chi connectivity index (χ2n) is 5.86. The first-order valence-electron chi connectivity index (χ1n) is 8.37. The van der Waals surface area contributed by atoms with Crippen LogP contribution in [0.3, 0.4) is 0 Å². The minimum Gasteiger partial charge on any atom is -0.334 e. The summed E-state index contributed by atoms with van der Waals surface area (Å²) >= 11 is 13.2. The fourth-order valence-electron chi connectivity index (χ4n) is 2.24. The summed E-state index contributed by atoms with van der Waals surface area (Å²) in [4.78, 5) is 12.2. The molecular formula is C18H17Cl2N7OS. The van der Waals surface area contributed by atoms with E-state index < -0.39 is 0 Å². The summed E-state index contributed by atoms with van der Waals surface area (Å²) in [7, 11) is 0. The van der Waals surface area contributed by atoms with Crippen LogP contribution in [0.1, 0.15) is 11.1 Å². The normalized spacial score (nSPS) is 11.0. The van der Waals surface area contributed by atoms with E-state index in [0.717, 1.165) is 22.9 Å². The fourth-order valence-corrected chi connectivity index (χ4v) is 3.25. The molecule has 0 atom stereocenters. The van der Waals surface area contributed by atoms with Gasteiger partial charge in [-0.3, -0.25) is 4.79 Å². The van der Waals surface area contributed by atoms with Gasteiger partial charge in [0.05, 0.1) is 12.0 Å². The largest absolute Gasteiger partial charge is 0.334 e. The van der Waals surface area contributed by atoms with E-state index in [1.54, 1.807) is 24.4 Å². The smallest absolute Gasteiger partial charge is 0.264 e. The Kier molecular flexibility index (Phi) is 6.97. The van der Waals surface area contributed by atoms with Gasteiger partial charge in [0.25, 0.3) is 5.95 Å². The molecule has 0 aliphatic heterocycles. The maximum atomic E-state index is 12.2. The number of benzene rings is 2. The molecule has 4 N–H and O–H groups in total. The van der Waals surface area contributed by atoms with Crippen LogP contribution in [0.5, 0.6) is 0 Å². The van der Waals surface area contributed by atoms with Crippen molar-refractivity contribution in [3.05, 3.63) is 63.6 Å². The molecule has 0 aliphatic carbocycles. The van der Waals surface area contributed by atoms with Crippen molar-refractivity contribution in [2.45, 2.75) is 12.1 Å². The third kappa shape index (κ3) is 5.63. The zero-order valence-corrected chi connectivity index (χ0v) is 17.6. The van der Waals surface area contributed by atoms with E-state index in [1.807, 2.05) is 31.2 Å². The number of nitrogens with one attached hydrogen (secondary N) is 2. The molecule has 0 unspecified atom stereocenters. The zero-order chi connectivity index (χ0) is 20.8. The van der Waals surface area contributed by atoms with Crippen LogP contribution in [0.4, 0.5) is 11.6 Å². The van der Waals surface area contributed by atoms with Gasteiger partial charge in [-0.05, 0) is 30.7 Å². The number of rotatable bonds is 7. The highest BCUT2D eigenvalue weighted by Gasteiger charge is 2.13. The molecule has 2 aromatic carbocycles. The van der Waals surface area contributed by atoms with E-state index in [4.69, 9.17) is 29.0 Å². The molecule has 29 heavy (non-hydrogen) atoms. The summed E-state index contributed by atoms with van der Waals surface area (Å²) < 4.78 is 1.21. The van der Waals surface area contributed by atoms with Crippen LogP contribution >= 0.6 is 35.0 Å². The van der Waals surface area contributed by atoms with Crippen LogP contribution in [0, 0.1) is 6.92 Å². The van der Waals surface area contributed by atoms with Crippen molar-refractivity contribution in [1.82, 2.24) is 14.9 Å². The van der Waals surface area contributed by atoms with Crippen LogP contribution in [0.25, 0.3) is 0 Å². The molecule has 1 aromatic heterocycles. The first-order valence-corrected chi connectivity index (χ1v) is 10.1. The number of carbonyl (C=O) groups is 1. The first-order chi connectivity index (χ1) is 13.9. The van der Waals surface area contributed by atoms with Crippen molar-refractivity contribution in [3.63, 3.8) is 0 Å². The van der Waals surface area contributed by atoms with Gasteiger partial charge in [-0.25, -0.2) is 10.1 Å². The van der Waals surface area contributed by atoms with Gasteiger partial charge < -0.3 is 11.2 Å². The number of aromatic nitrogens is 3. The summed E-state index contributed by atoms with van der Waals surface area (Å²) in [5, 5.41) is 16.2. The van der Waals surface area contributed by atoms with Crippen molar-refractivity contribution < 1.29 is 4.79 Å². The molecule has 3 aromatic rings. The molecule has 0 bridgehead atoms. The molecule has 0 saturated heterocycles. The van der Waals surface area contributed by atoms with Gasteiger partial charge in [0.1, 0.15) is 0 Å². The third-order valence-electron chi connectivity index (χ3n) is 3.74. The molecule has 150 valence electrons. The van der Waals surface area contributed by atoms with Crippen molar-refractivity contribution in [2.24, 2.45) is 5.10 Å². The Hall–Kier alpha value is -2.75. The number of amides is 1. The monoisotopic (exact) mass is 449 g/mol. The second-order valence-corrected chi connectivity index (χ2v) is 7.65. The Morgan fingerprint density at radius 3 is 2.86 bits per heavy atom. The summed E-state index contributed by atoms with van der Waals surface area (Å²) in [6.45, 7) is 1.89. The number of nitrogen functional groups attached to an aromatic ring is 1. The lowest BCUT2D eigenvalue weighted by Gasteiger charge is -2.08. The van der Waals surface area contributed by atoms with Gasteiger partial charge in [0, 0.05) is 21.3 Å². The molecule has 1 heterocycles. The number of hydrazone groups is 1. The predicted molar refractivity (Wildman–Crippen MR) is 118 cm³/mol. The molecular weight excluding hydrogens is 433 g/mol. The molecule has 0 saturated carbocycles. The Labute approximate surface area is 181 Å². The fraction of sp³-hybridized carbons (Fsp3) is 0.111. The standard InChI is InChI=1S/C18H17Cl2N7OS/c1-11-6-7-13(19)8-15(11)23-16(28)10-29-18-26-25-17(27(18)21)24-22-9-12-4-2-3-5-14(12)20/h2-9H,10,21H2,1H3,(H,23,28)(H,24,25)/b22-9+. The van der Waals surface area contributed by atoms with Crippen molar-refractivity contribution in [2.75, 3.05) is 22.3 Å². The number of hydrogen-bond donors (Lipinski definition) is 3. The second kappa shape index (κ2) is 9.64. The number of carbonyl (C=O) groups excluding carboxylic acids is 1. The number of hydrogen-bond acceptors (Lipinski definition) is 7. The van der Waals surface area contributed by atoms with Crippen molar-refractivity contribution in [1.29, 1.82) is 0 Å². The number of nitrogens with zero attached hydrogens (tertiary/aromatic N) is 4. The van der Waals surface area contributed by atoms with Gasteiger partial charge in [-0.2, -0.15) is 5.10 Å². The average molecular weight is 450 g/mol. The zero-order valence-electron chi connectivity index (χ0n) is 15.3. The molecule has 1 amide bonds. The molecule has 0 fully saturated rings. The Balaban J connectivity index is 1.56. The maximum absolute atomic E-state index is 12.2. The van der Waals surface area contributed by atoms with E-state index in [1.165, 1.54) is 4.68 Å². The van der Waals surface area contributed by atoms with Gasteiger partial charge in [0.2, 0.25) is 11.1 Å². The lowest BCUT2D eigenvalue weighted by molar-refractivity contribution is -0.113. The Morgan fingerprint density at radius 2 is 2.07 bits per heavy atom. The Bertz CT molecular complexity index is 1050. The maximum Gasteiger partial charge on any atom is 0.264 e. The highest BCUT2D eigenvalue weighted by Crippen LogP contribution is 2.22. The summed E-state index contributed by atoms with van der Waals surface area (Å²) in [6.07, 6.45) is 1.55. The van der Waals surface area contributed by atoms with Crippen LogP contribution in [0.15, 0.2) is 52.7 Å². The van der Waals surface area contributed by atoms with Gasteiger partial charge >= 0.3 is 0 Å². The number of thioether (sulfide) groups is 1. The lowest BCUT2D eigenvalue weighted by Crippen LogP contribution is -2.17. The van der Waals surface area contributed by atoms with Crippen LogP contribution in [0.2, 0.25) is 10.0 Å².